The maximum atomic E-state index is 5.51. The molecule has 0 spiro atoms. The molecule has 0 heterocycles. The molecule has 0 N–H and O–H groups in total. The van der Waals surface area contributed by atoms with E-state index >= 15 is 0 Å². The first-order chi connectivity index (χ1) is 5.35. The molecule has 0 fully saturated rings. The quantitative estimate of drug-likeness (QED) is 0.418. The minimum absolute atomic E-state index is 0.879. The van der Waals surface area contributed by atoms with Crippen LogP contribution in [0.15, 0.2) is 0 Å². The maximum absolute atomic E-state index is 5.51. The van der Waals surface area contributed by atoms with Crippen molar-refractivity contribution in [3.8, 4) is 0 Å². The van der Waals surface area contributed by atoms with Crippen molar-refractivity contribution >= 4 is 0 Å². The molecule has 0 aromatic heterocycles. The van der Waals surface area contributed by atoms with Gasteiger partial charge in [-0.05, 0) is 12.8 Å². The van der Waals surface area contributed by atoms with Gasteiger partial charge >= 0.3 is 0 Å². The third-order valence-corrected chi connectivity index (χ3v) is 1.60. The van der Waals surface area contributed by atoms with E-state index in [9.17, 15) is 0 Å². The Bertz CT molecular complexity index is 76.0. The Morgan fingerprint density at radius 2 is 1.82 bits per heavy atom. The lowest BCUT2D eigenvalue weighted by atomic mass is 10.4. The van der Waals surface area contributed by atoms with Crippen LogP contribution in [0.1, 0.15) is 40.0 Å². The summed E-state index contributed by atoms with van der Waals surface area (Å²) in [6.07, 6.45) is 3.55. The van der Waals surface area contributed by atoms with Gasteiger partial charge in [0.05, 0.1) is 6.61 Å². The van der Waals surface area contributed by atoms with Crippen LogP contribution in [-0.2, 0) is 4.84 Å². The van der Waals surface area contributed by atoms with E-state index in [-0.39, 0.29) is 0 Å². The first kappa shape index (κ1) is 10.9. The number of hydrogen-bond acceptors (Lipinski definition) is 2. The molecule has 0 atom stereocenters. The van der Waals surface area contributed by atoms with E-state index in [2.05, 4.69) is 20.8 Å². The van der Waals surface area contributed by atoms with Crippen molar-refractivity contribution in [3.05, 3.63) is 0 Å². The molecule has 0 aromatic rings. The van der Waals surface area contributed by atoms with E-state index in [1.54, 1.807) is 0 Å². The zero-order valence-corrected chi connectivity index (χ0v) is 8.10. The standard InChI is InChI=1S/C9H21NO/c1-4-7-9-11-10(6-3)8-5-2/h4-9H2,1-3H3. The van der Waals surface area contributed by atoms with E-state index < -0.39 is 0 Å². The van der Waals surface area contributed by atoms with Gasteiger partial charge in [-0.1, -0.05) is 27.2 Å². The van der Waals surface area contributed by atoms with Crippen LogP contribution in [0.5, 0.6) is 0 Å². The fourth-order valence-corrected chi connectivity index (χ4v) is 0.901. The van der Waals surface area contributed by atoms with Crippen molar-refractivity contribution in [2.45, 2.75) is 40.0 Å². The molecule has 0 aliphatic heterocycles. The molecule has 0 saturated carbocycles. The lowest BCUT2D eigenvalue weighted by Gasteiger charge is -2.18. The largest absolute Gasteiger partial charge is 0.299 e. The number of rotatable bonds is 7. The van der Waals surface area contributed by atoms with E-state index in [1.807, 2.05) is 5.06 Å². The smallest absolute Gasteiger partial charge is 0.0685 e. The second-order valence-corrected chi connectivity index (χ2v) is 2.71. The van der Waals surface area contributed by atoms with Gasteiger partial charge in [-0.2, -0.15) is 5.06 Å². The van der Waals surface area contributed by atoms with Gasteiger partial charge in [-0.15, -0.1) is 0 Å². The van der Waals surface area contributed by atoms with Crippen molar-refractivity contribution in [2.75, 3.05) is 19.7 Å². The van der Waals surface area contributed by atoms with Gasteiger partial charge in [0.1, 0.15) is 0 Å². The van der Waals surface area contributed by atoms with Gasteiger partial charge in [0.15, 0.2) is 0 Å². The number of hydrogen-bond donors (Lipinski definition) is 0. The molecule has 0 aliphatic carbocycles. The minimum atomic E-state index is 0.879. The summed E-state index contributed by atoms with van der Waals surface area (Å²) in [4.78, 5) is 5.51. The Kier molecular flexibility index (Phi) is 7.96. The van der Waals surface area contributed by atoms with Gasteiger partial charge < -0.3 is 0 Å². The van der Waals surface area contributed by atoms with E-state index in [4.69, 9.17) is 4.84 Å². The highest BCUT2D eigenvalue weighted by molar-refractivity contribution is 4.39. The predicted molar refractivity (Wildman–Crippen MR) is 48.4 cm³/mol. The molecule has 0 aromatic carbocycles. The van der Waals surface area contributed by atoms with Gasteiger partial charge in [-0.3, -0.25) is 4.84 Å². The maximum Gasteiger partial charge on any atom is 0.0685 e. The molecule has 0 radical (unpaired) electrons. The monoisotopic (exact) mass is 159 g/mol. The second-order valence-electron chi connectivity index (χ2n) is 2.71. The Hall–Kier alpha value is -0.0800. The van der Waals surface area contributed by atoms with Crippen molar-refractivity contribution in [3.63, 3.8) is 0 Å². The Balaban J connectivity index is 3.20. The van der Waals surface area contributed by atoms with E-state index in [0.29, 0.717) is 0 Å². The topological polar surface area (TPSA) is 12.5 Å². The van der Waals surface area contributed by atoms with Gasteiger partial charge in [0, 0.05) is 13.1 Å². The zero-order valence-electron chi connectivity index (χ0n) is 8.10. The fraction of sp³-hybridized carbons (Fsp3) is 1.00. The van der Waals surface area contributed by atoms with Crippen LogP contribution in [0, 0.1) is 0 Å². The van der Waals surface area contributed by atoms with Crippen LogP contribution in [0.3, 0.4) is 0 Å². The van der Waals surface area contributed by atoms with Crippen molar-refractivity contribution in [1.82, 2.24) is 5.06 Å². The van der Waals surface area contributed by atoms with Crippen molar-refractivity contribution in [2.24, 2.45) is 0 Å². The summed E-state index contributed by atoms with van der Waals surface area (Å²) in [6.45, 7) is 9.41. The highest BCUT2D eigenvalue weighted by Gasteiger charge is 1.98. The third-order valence-electron chi connectivity index (χ3n) is 1.60. The molecule has 0 amide bonds. The van der Waals surface area contributed by atoms with E-state index in [1.165, 1.54) is 19.3 Å². The molecular formula is C9H21NO. The number of nitrogens with zero attached hydrogens (tertiary/aromatic N) is 1. The summed E-state index contributed by atoms with van der Waals surface area (Å²) in [5.74, 6) is 0. The third kappa shape index (κ3) is 6.32. The first-order valence-corrected chi connectivity index (χ1v) is 4.73. The first-order valence-electron chi connectivity index (χ1n) is 4.73. The molecular weight excluding hydrogens is 138 g/mol. The average molecular weight is 159 g/mol. The molecule has 0 saturated heterocycles. The highest BCUT2D eigenvalue weighted by Crippen LogP contribution is 1.95. The van der Waals surface area contributed by atoms with Crippen LogP contribution in [-0.4, -0.2) is 24.8 Å². The summed E-state index contributed by atoms with van der Waals surface area (Å²) >= 11 is 0. The SMILES string of the molecule is CCCCON(CC)CCC. The summed E-state index contributed by atoms with van der Waals surface area (Å²) < 4.78 is 0. The highest BCUT2D eigenvalue weighted by atomic mass is 16.7. The lowest BCUT2D eigenvalue weighted by Crippen LogP contribution is -2.24. The molecule has 0 rings (SSSR count). The molecule has 2 heteroatoms. The van der Waals surface area contributed by atoms with Gasteiger partial charge in [-0.25, -0.2) is 0 Å². The van der Waals surface area contributed by atoms with Crippen LogP contribution < -0.4 is 0 Å². The second kappa shape index (κ2) is 8.02. The summed E-state index contributed by atoms with van der Waals surface area (Å²) in [7, 11) is 0. The van der Waals surface area contributed by atoms with Crippen LogP contribution in [0.25, 0.3) is 0 Å². The Morgan fingerprint density at radius 1 is 1.09 bits per heavy atom. The summed E-state index contributed by atoms with van der Waals surface area (Å²) in [5, 5.41) is 2.04. The molecule has 2 nitrogen and oxygen atoms in total. The van der Waals surface area contributed by atoms with Crippen LogP contribution >= 0.6 is 0 Å². The summed E-state index contributed by atoms with van der Waals surface area (Å²) in [6, 6.07) is 0. The van der Waals surface area contributed by atoms with Crippen molar-refractivity contribution < 1.29 is 4.84 Å². The Labute approximate surface area is 70.5 Å². The predicted octanol–water partition coefficient (Wildman–Crippen LogP) is 2.45. The normalized spacial score (nSPS) is 10.9. The zero-order chi connectivity index (χ0) is 8.53. The van der Waals surface area contributed by atoms with E-state index in [0.717, 1.165) is 19.7 Å². The molecule has 0 unspecified atom stereocenters. The number of hydroxylamine groups is 2. The summed E-state index contributed by atoms with van der Waals surface area (Å²) in [5.41, 5.74) is 0. The minimum Gasteiger partial charge on any atom is -0.299 e. The lowest BCUT2D eigenvalue weighted by molar-refractivity contribution is -0.156. The van der Waals surface area contributed by atoms with Gasteiger partial charge in [0.25, 0.3) is 0 Å². The van der Waals surface area contributed by atoms with Crippen LogP contribution in [0.2, 0.25) is 0 Å². The molecule has 68 valence electrons. The molecule has 0 aliphatic rings. The number of unbranched alkanes of at least 4 members (excludes halogenated alkanes) is 1. The van der Waals surface area contributed by atoms with Gasteiger partial charge in [0.2, 0.25) is 0 Å². The molecule has 0 bridgehead atoms. The average Bonchev–Trinajstić information content (AvgIpc) is 2.03. The fourth-order valence-electron chi connectivity index (χ4n) is 0.901. The Morgan fingerprint density at radius 3 is 2.27 bits per heavy atom. The van der Waals surface area contributed by atoms with Crippen LogP contribution in [0.4, 0.5) is 0 Å². The molecule has 11 heavy (non-hydrogen) atoms. The van der Waals surface area contributed by atoms with Crippen molar-refractivity contribution in [1.29, 1.82) is 0 Å².